The maximum absolute atomic E-state index is 4.49. The molecule has 4 heteroatoms. The third kappa shape index (κ3) is 2.43. The van der Waals surface area contributed by atoms with Crippen molar-refractivity contribution in [1.29, 1.82) is 0 Å². The normalized spacial score (nSPS) is 17.9. The van der Waals surface area contributed by atoms with E-state index >= 15 is 0 Å². The van der Waals surface area contributed by atoms with E-state index in [2.05, 4.69) is 26.3 Å². The number of hydrogen-bond donors (Lipinski definition) is 2. The third-order valence-corrected chi connectivity index (χ3v) is 3.49. The first kappa shape index (κ1) is 11.4. The Bertz CT molecular complexity index is 492. The highest BCUT2D eigenvalue weighted by molar-refractivity contribution is 5.27. The van der Waals surface area contributed by atoms with E-state index in [0.717, 1.165) is 31.6 Å². The number of nitrogens with zero attached hydrogens (tertiary/aromatic N) is 2. The monoisotopic (exact) mass is 242 g/mol. The first-order valence-electron chi connectivity index (χ1n) is 6.59. The van der Waals surface area contributed by atoms with Crippen LogP contribution in [0.1, 0.15) is 36.0 Å². The number of nitrogens with one attached hydrogen (secondary N) is 2. The highest BCUT2D eigenvalue weighted by Gasteiger charge is 2.22. The summed E-state index contributed by atoms with van der Waals surface area (Å²) in [5.41, 5.74) is 2.65. The Morgan fingerprint density at radius 2 is 2.33 bits per heavy atom. The quantitative estimate of drug-likeness (QED) is 0.789. The molecule has 3 rings (SSSR count). The van der Waals surface area contributed by atoms with Crippen LogP contribution in [0.25, 0.3) is 0 Å². The average Bonchev–Trinajstić information content (AvgIpc) is 3.04. The number of aryl methyl sites for hydroxylation is 2. The lowest BCUT2D eigenvalue weighted by molar-refractivity contribution is 0.510. The Morgan fingerprint density at radius 3 is 3.22 bits per heavy atom. The molecule has 0 aliphatic heterocycles. The second-order valence-corrected chi connectivity index (χ2v) is 4.73. The Hall–Kier alpha value is -1.68. The molecule has 1 aliphatic carbocycles. The molecule has 2 heterocycles. The Balaban J connectivity index is 1.47. The molecular weight excluding hydrogens is 224 g/mol. The first-order valence-corrected chi connectivity index (χ1v) is 6.59. The molecule has 0 saturated heterocycles. The second-order valence-electron chi connectivity index (χ2n) is 4.73. The van der Waals surface area contributed by atoms with E-state index in [1.54, 1.807) is 6.20 Å². The van der Waals surface area contributed by atoms with Crippen LogP contribution < -0.4 is 5.32 Å². The van der Waals surface area contributed by atoms with Crippen LogP contribution in [0, 0.1) is 0 Å². The molecule has 94 valence electrons. The summed E-state index contributed by atoms with van der Waals surface area (Å²) in [7, 11) is 0. The number of aromatic amines is 1. The zero-order chi connectivity index (χ0) is 12.2. The van der Waals surface area contributed by atoms with E-state index < -0.39 is 0 Å². The van der Waals surface area contributed by atoms with Gasteiger partial charge < -0.3 is 10.3 Å². The summed E-state index contributed by atoms with van der Waals surface area (Å²) in [6, 6.07) is 4.66. The van der Waals surface area contributed by atoms with Crippen molar-refractivity contribution in [3.8, 4) is 0 Å². The lowest BCUT2D eigenvalue weighted by atomic mass is 10.2. The molecule has 2 N–H and O–H groups in total. The molecule has 18 heavy (non-hydrogen) atoms. The summed E-state index contributed by atoms with van der Waals surface area (Å²) >= 11 is 0. The number of rotatable bonds is 5. The van der Waals surface area contributed by atoms with Crippen LogP contribution in [0.3, 0.4) is 0 Å². The number of hydrogen-bond acceptors (Lipinski definition) is 3. The molecule has 2 aromatic heterocycles. The van der Waals surface area contributed by atoms with E-state index in [9.17, 15) is 0 Å². The molecule has 2 aromatic rings. The zero-order valence-corrected chi connectivity index (χ0v) is 10.4. The Kier molecular flexibility index (Phi) is 3.37. The summed E-state index contributed by atoms with van der Waals surface area (Å²) in [4.78, 5) is 11.8. The molecule has 0 fully saturated rings. The molecule has 0 radical (unpaired) electrons. The van der Waals surface area contributed by atoms with Crippen LogP contribution in [-0.4, -0.2) is 21.5 Å². The highest BCUT2D eigenvalue weighted by atomic mass is 14.9. The van der Waals surface area contributed by atoms with Gasteiger partial charge in [0.05, 0.1) is 11.7 Å². The van der Waals surface area contributed by atoms with Crippen molar-refractivity contribution in [2.24, 2.45) is 0 Å². The summed E-state index contributed by atoms with van der Waals surface area (Å²) in [5.74, 6) is 1.07. The van der Waals surface area contributed by atoms with E-state index in [1.807, 2.05) is 18.5 Å². The summed E-state index contributed by atoms with van der Waals surface area (Å²) in [6.45, 7) is 1.02. The minimum absolute atomic E-state index is 0.442. The van der Waals surface area contributed by atoms with Crippen molar-refractivity contribution in [1.82, 2.24) is 20.3 Å². The fraction of sp³-hybridized carbons (Fsp3) is 0.429. The Morgan fingerprint density at radius 1 is 1.33 bits per heavy atom. The van der Waals surface area contributed by atoms with Crippen molar-refractivity contribution in [3.05, 3.63) is 47.8 Å². The van der Waals surface area contributed by atoms with Gasteiger partial charge in [-0.05, 0) is 37.4 Å². The molecule has 1 atom stereocenters. The summed E-state index contributed by atoms with van der Waals surface area (Å²) in [5, 5.41) is 3.60. The number of fused-ring (bicyclic) bond motifs is 1. The maximum atomic E-state index is 4.49. The van der Waals surface area contributed by atoms with Crippen LogP contribution in [0.2, 0.25) is 0 Å². The SMILES string of the molecule is c1cnc2c(c1)CCC2NCCCc1ncc[nH]1. The van der Waals surface area contributed by atoms with Gasteiger partial charge in [-0.2, -0.15) is 0 Å². The number of H-pyrrole nitrogens is 1. The van der Waals surface area contributed by atoms with Gasteiger partial charge >= 0.3 is 0 Å². The van der Waals surface area contributed by atoms with E-state index in [1.165, 1.54) is 17.7 Å². The molecule has 0 spiro atoms. The predicted molar refractivity (Wildman–Crippen MR) is 70.2 cm³/mol. The van der Waals surface area contributed by atoms with Gasteiger partial charge in [-0.15, -0.1) is 0 Å². The molecule has 1 aliphatic rings. The van der Waals surface area contributed by atoms with Crippen LogP contribution in [0.15, 0.2) is 30.7 Å². The number of aromatic nitrogens is 3. The van der Waals surface area contributed by atoms with Gasteiger partial charge in [-0.3, -0.25) is 4.98 Å². The van der Waals surface area contributed by atoms with E-state index in [-0.39, 0.29) is 0 Å². The molecule has 0 aromatic carbocycles. The van der Waals surface area contributed by atoms with Crippen molar-refractivity contribution in [2.75, 3.05) is 6.54 Å². The van der Waals surface area contributed by atoms with E-state index in [4.69, 9.17) is 0 Å². The summed E-state index contributed by atoms with van der Waals surface area (Å²) < 4.78 is 0. The minimum atomic E-state index is 0.442. The van der Waals surface area contributed by atoms with Gasteiger partial charge in [0.15, 0.2) is 0 Å². The highest BCUT2D eigenvalue weighted by Crippen LogP contribution is 2.28. The van der Waals surface area contributed by atoms with Crippen molar-refractivity contribution < 1.29 is 0 Å². The van der Waals surface area contributed by atoms with Crippen molar-refractivity contribution in [2.45, 2.75) is 31.7 Å². The lowest BCUT2D eigenvalue weighted by Gasteiger charge is -2.12. The van der Waals surface area contributed by atoms with Gasteiger partial charge in [0.2, 0.25) is 0 Å². The molecule has 0 saturated carbocycles. The van der Waals surface area contributed by atoms with Gasteiger partial charge in [0.1, 0.15) is 5.82 Å². The molecule has 4 nitrogen and oxygen atoms in total. The largest absolute Gasteiger partial charge is 0.349 e. The molecule has 0 bridgehead atoms. The predicted octanol–water partition coefficient (Wildman–Crippen LogP) is 2.01. The van der Waals surface area contributed by atoms with Crippen LogP contribution >= 0.6 is 0 Å². The fourth-order valence-electron chi connectivity index (χ4n) is 2.58. The van der Waals surface area contributed by atoms with E-state index in [0.29, 0.717) is 6.04 Å². The molecule has 1 unspecified atom stereocenters. The topological polar surface area (TPSA) is 53.6 Å². The maximum Gasteiger partial charge on any atom is 0.106 e. The van der Waals surface area contributed by atoms with Crippen molar-refractivity contribution >= 4 is 0 Å². The van der Waals surface area contributed by atoms with Gasteiger partial charge in [-0.1, -0.05) is 6.07 Å². The third-order valence-electron chi connectivity index (χ3n) is 3.49. The smallest absolute Gasteiger partial charge is 0.106 e. The van der Waals surface area contributed by atoms with Gasteiger partial charge in [0.25, 0.3) is 0 Å². The summed E-state index contributed by atoms with van der Waals surface area (Å²) in [6.07, 6.45) is 10.0. The van der Waals surface area contributed by atoms with Crippen LogP contribution in [0.5, 0.6) is 0 Å². The van der Waals surface area contributed by atoms with Crippen LogP contribution in [0.4, 0.5) is 0 Å². The van der Waals surface area contributed by atoms with Crippen molar-refractivity contribution in [3.63, 3.8) is 0 Å². The molecule has 0 amide bonds. The number of imidazole rings is 1. The molecular formula is C14H18N4. The number of pyridine rings is 1. The Labute approximate surface area is 107 Å². The van der Waals surface area contributed by atoms with Gasteiger partial charge in [-0.25, -0.2) is 4.98 Å². The fourth-order valence-corrected chi connectivity index (χ4v) is 2.58. The lowest BCUT2D eigenvalue weighted by Crippen LogP contribution is -2.21. The van der Waals surface area contributed by atoms with Crippen LogP contribution in [-0.2, 0) is 12.8 Å². The minimum Gasteiger partial charge on any atom is -0.349 e. The van der Waals surface area contributed by atoms with Gasteiger partial charge in [0, 0.05) is 25.0 Å². The second kappa shape index (κ2) is 5.31. The first-order chi connectivity index (χ1) is 8.93. The average molecular weight is 242 g/mol. The zero-order valence-electron chi connectivity index (χ0n) is 10.4. The standard InChI is InChI=1S/C14H18N4/c1-3-11-5-6-12(14(11)18-8-1)15-7-2-4-13-16-9-10-17-13/h1,3,8-10,12,15H,2,4-7H2,(H,16,17).